The highest BCUT2D eigenvalue weighted by Crippen LogP contribution is 2.16. The molecule has 0 radical (unpaired) electrons. The molecule has 0 aliphatic heterocycles. The van der Waals surface area contributed by atoms with E-state index in [2.05, 4.69) is 26.2 Å². The quantitative estimate of drug-likeness (QED) is 0.852. The lowest BCUT2D eigenvalue weighted by molar-refractivity contribution is 0.671. The average Bonchev–Trinajstić information content (AvgIpc) is 2.42. The van der Waals surface area contributed by atoms with E-state index in [0.717, 1.165) is 20.4 Å². The molecule has 0 atom stereocenters. The zero-order valence-electron chi connectivity index (χ0n) is 11.5. The molecule has 0 aromatic carbocycles. The van der Waals surface area contributed by atoms with Gasteiger partial charge in [-0.2, -0.15) is 0 Å². The van der Waals surface area contributed by atoms with Gasteiger partial charge in [0.2, 0.25) is 0 Å². The van der Waals surface area contributed by atoms with Crippen molar-refractivity contribution in [3.63, 3.8) is 0 Å². The van der Waals surface area contributed by atoms with Gasteiger partial charge >= 0.3 is 5.69 Å². The van der Waals surface area contributed by atoms with Crippen LogP contribution in [0.1, 0.15) is 11.1 Å². The number of halogens is 1. The average molecular weight is 339 g/mol. The van der Waals surface area contributed by atoms with Crippen LogP contribution in [0.4, 0.5) is 5.69 Å². The van der Waals surface area contributed by atoms with Crippen LogP contribution in [0.2, 0.25) is 0 Å². The van der Waals surface area contributed by atoms with Crippen LogP contribution in [-0.4, -0.2) is 14.1 Å². The minimum Gasteiger partial charge on any atom is -0.379 e. The summed E-state index contributed by atoms with van der Waals surface area (Å²) in [5, 5.41) is 3.13. The fourth-order valence-electron chi connectivity index (χ4n) is 1.86. The second-order valence-corrected chi connectivity index (χ2v) is 5.35. The third-order valence-corrected chi connectivity index (χ3v) is 3.84. The summed E-state index contributed by atoms with van der Waals surface area (Å²) < 4.78 is 3.28. The van der Waals surface area contributed by atoms with Crippen LogP contribution in [-0.2, 0) is 20.6 Å². The van der Waals surface area contributed by atoms with Crippen molar-refractivity contribution in [3.05, 3.63) is 55.0 Å². The minimum absolute atomic E-state index is 0.289. The van der Waals surface area contributed by atoms with Gasteiger partial charge in [0.15, 0.2) is 0 Å². The highest BCUT2D eigenvalue weighted by Gasteiger charge is 2.07. The summed E-state index contributed by atoms with van der Waals surface area (Å²) in [4.78, 5) is 27.7. The molecule has 20 heavy (non-hydrogen) atoms. The van der Waals surface area contributed by atoms with Crippen LogP contribution in [0.5, 0.6) is 0 Å². The molecule has 0 amide bonds. The van der Waals surface area contributed by atoms with E-state index >= 15 is 0 Å². The first-order valence-corrected chi connectivity index (χ1v) is 6.81. The maximum absolute atomic E-state index is 12.0. The van der Waals surface area contributed by atoms with Gasteiger partial charge < -0.3 is 9.88 Å². The lowest BCUT2D eigenvalue weighted by Gasteiger charge is -2.09. The summed E-state index contributed by atoms with van der Waals surface area (Å²) in [6.45, 7) is 2.27. The predicted octanol–water partition coefficient (Wildman–Crippen LogP) is 1.16. The molecule has 2 heterocycles. The van der Waals surface area contributed by atoms with Gasteiger partial charge in [-0.3, -0.25) is 9.36 Å². The van der Waals surface area contributed by atoms with Crippen LogP contribution in [0.3, 0.4) is 0 Å². The number of pyridine rings is 1. The van der Waals surface area contributed by atoms with Crippen LogP contribution in [0.25, 0.3) is 0 Å². The Balaban J connectivity index is 2.25. The van der Waals surface area contributed by atoms with Gasteiger partial charge in [-0.1, -0.05) is 0 Å². The number of aryl methyl sites for hydroxylation is 2. The summed E-state index contributed by atoms with van der Waals surface area (Å²) in [5.74, 6) is 0. The smallest absolute Gasteiger partial charge is 0.330 e. The lowest BCUT2D eigenvalue weighted by atomic mass is 10.2. The molecule has 2 aromatic heterocycles. The molecular weight excluding hydrogens is 324 g/mol. The van der Waals surface area contributed by atoms with Crippen LogP contribution < -0.4 is 16.6 Å². The molecule has 2 rings (SSSR count). The molecule has 2 aromatic rings. The molecule has 0 aliphatic carbocycles. The molecule has 0 bridgehead atoms. The zero-order valence-corrected chi connectivity index (χ0v) is 13.1. The highest BCUT2D eigenvalue weighted by atomic mass is 79.9. The standard InChI is InChI=1S/C13H15BrN4O2/c1-8-4-10(6-16-11(8)14)15-5-9-7-17(2)13(20)18(3)12(9)19/h4,6-7,15H,5H2,1-3H3. The van der Waals surface area contributed by atoms with Gasteiger partial charge in [0.05, 0.1) is 17.4 Å². The van der Waals surface area contributed by atoms with E-state index < -0.39 is 0 Å². The van der Waals surface area contributed by atoms with Gasteiger partial charge in [-0.15, -0.1) is 0 Å². The molecule has 0 saturated heterocycles. The van der Waals surface area contributed by atoms with E-state index in [0.29, 0.717) is 12.1 Å². The summed E-state index contributed by atoms with van der Waals surface area (Å²) in [6.07, 6.45) is 3.24. The maximum Gasteiger partial charge on any atom is 0.330 e. The molecule has 6 nitrogen and oxygen atoms in total. The van der Waals surface area contributed by atoms with E-state index in [9.17, 15) is 9.59 Å². The Morgan fingerprint density at radius 1 is 1.35 bits per heavy atom. The molecule has 1 N–H and O–H groups in total. The number of aromatic nitrogens is 3. The van der Waals surface area contributed by atoms with Crippen molar-refractivity contribution in [1.29, 1.82) is 0 Å². The van der Waals surface area contributed by atoms with Crippen LogP contribution in [0.15, 0.2) is 32.7 Å². The monoisotopic (exact) mass is 338 g/mol. The van der Waals surface area contributed by atoms with Crippen LogP contribution >= 0.6 is 15.9 Å². The minimum atomic E-state index is -0.333. The van der Waals surface area contributed by atoms with E-state index in [1.54, 1.807) is 19.4 Å². The SMILES string of the molecule is Cc1cc(NCc2cn(C)c(=O)n(C)c2=O)cnc1Br. The van der Waals surface area contributed by atoms with Gasteiger partial charge in [0, 0.05) is 26.8 Å². The van der Waals surface area contributed by atoms with E-state index in [4.69, 9.17) is 0 Å². The van der Waals surface area contributed by atoms with Crippen molar-refractivity contribution in [2.24, 2.45) is 14.1 Å². The summed E-state index contributed by atoms with van der Waals surface area (Å²) in [7, 11) is 3.09. The Kier molecular flexibility index (Phi) is 4.08. The van der Waals surface area contributed by atoms with Crippen molar-refractivity contribution in [3.8, 4) is 0 Å². The zero-order chi connectivity index (χ0) is 14.9. The number of hydrogen-bond acceptors (Lipinski definition) is 4. The lowest BCUT2D eigenvalue weighted by Crippen LogP contribution is -2.38. The van der Waals surface area contributed by atoms with Gasteiger partial charge in [-0.05, 0) is 34.5 Å². The number of nitrogens with zero attached hydrogens (tertiary/aromatic N) is 3. The predicted molar refractivity (Wildman–Crippen MR) is 80.9 cm³/mol. The summed E-state index contributed by atoms with van der Waals surface area (Å²) in [5.41, 5.74) is 1.72. The summed E-state index contributed by atoms with van der Waals surface area (Å²) in [6, 6.07) is 1.93. The van der Waals surface area contributed by atoms with Crippen molar-refractivity contribution >= 4 is 21.6 Å². The maximum atomic E-state index is 12.0. The fraction of sp³-hybridized carbons (Fsp3) is 0.308. The van der Waals surface area contributed by atoms with E-state index in [1.165, 1.54) is 11.6 Å². The Bertz CT molecular complexity index is 764. The molecule has 0 aliphatic rings. The highest BCUT2D eigenvalue weighted by molar-refractivity contribution is 9.10. The van der Waals surface area contributed by atoms with Gasteiger partial charge in [0.25, 0.3) is 5.56 Å². The Labute approximate surface area is 124 Å². The molecule has 0 unspecified atom stereocenters. The third kappa shape index (κ3) is 2.82. The summed E-state index contributed by atoms with van der Waals surface area (Å²) >= 11 is 3.33. The molecule has 0 saturated carbocycles. The first-order valence-electron chi connectivity index (χ1n) is 6.01. The topological polar surface area (TPSA) is 68.9 Å². The van der Waals surface area contributed by atoms with E-state index in [-0.39, 0.29) is 11.2 Å². The second kappa shape index (κ2) is 5.62. The largest absolute Gasteiger partial charge is 0.379 e. The van der Waals surface area contributed by atoms with E-state index in [1.807, 2.05) is 13.0 Å². The Morgan fingerprint density at radius 3 is 2.70 bits per heavy atom. The fourth-order valence-corrected chi connectivity index (χ4v) is 2.07. The van der Waals surface area contributed by atoms with Gasteiger partial charge in [-0.25, -0.2) is 9.78 Å². The second-order valence-electron chi connectivity index (χ2n) is 4.60. The van der Waals surface area contributed by atoms with Crippen LogP contribution in [0, 0.1) is 6.92 Å². The van der Waals surface area contributed by atoms with Crippen molar-refractivity contribution in [1.82, 2.24) is 14.1 Å². The normalized spacial score (nSPS) is 10.6. The molecule has 7 heteroatoms. The number of nitrogens with one attached hydrogen (secondary N) is 1. The first kappa shape index (κ1) is 14.5. The molecule has 106 valence electrons. The molecule has 0 spiro atoms. The third-order valence-electron chi connectivity index (χ3n) is 3.01. The Morgan fingerprint density at radius 2 is 2.05 bits per heavy atom. The molecular formula is C13H15BrN4O2. The van der Waals surface area contributed by atoms with Crippen molar-refractivity contribution in [2.75, 3.05) is 5.32 Å². The first-order chi connectivity index (χ1) is 9.40. The number of rotatable bonds is 3. The van der Waals surface area contributed by atoms with Crippen molar-refractivity contribution in [2.45, 2.75) is 13.5 Å². The number of anilines is 1. The number of hydrogen-bond donors (Lipinski definition) is 1. The van der Waals surface area contributed by atoms with Gasteiger partial charge in [0.1, 0.15) is 4.60 Å². The Hall–Kier alpha value is -1.89. The molecule has 0 fully saturated rings. The van der Waals surface area contributed by atoms with Crippen molar-refractivity contribution < 1.29 is 0 Å².